The van der Waals surface area contributed by atoms with E-state index >= 15 is 0 Å². The van der Waals surface area contributed by atoms with Gasteiger partial charge in [-0.25, -0.2) is 4.79 Å². The topological polar surface area (TPSA) is 108 Å². The molecule has 8 heteroatoms. The van der Waals surface area contributed by atoms with Gasteiger partial charge in [0.15, 0.2) is 0 Å². The van der Waals surface area contributed by atoms with Crippen molar-refractivity contribution in [1.29, 1.82) is 0 Å². The van der Waals surface area contributed by atoms with Crippen LogP contribution in [0.1, 0.15) is 17.3 Å². The second-order valence-electron chi connectivity index (χ2n) is 5.36. The van der Waals surface area contributed by atoms with Crippen molar-refractivity contribution >= 4 is 23.5 Å². The number of aliphatic hydroxyl groups is 1. The molecule has 0 saturated carbocycles. The van der Waals surface area contributed by atoms with E-state index in [0.717, 1.165) is 0 Å². The van der Waals surface area contributed by atoms with Crippen LogP contribution in [0, 0.1) is 0 Å². The number of esters is 1. The second kappa shape index (κ2) is 8.29. The van der Waals surface area contributed by atoms with E-state index in [1.54, 1.807) is 24.3 Å². The quantitative estimate of drug-likeness (QED) is 0.604. The Balaban J connectivity index is 2.29. The largest absolute Gasteiger partial charge is 0.466 e. The van der Waals surface area contributed by atoms with E-state index in [-0.39, 0.29) is 36.9 Å². The average Bonchev–Trinajstić information content (AvgIpc) is 2.91. The van der Waals surface area contributed by atoms with Gasteiger partial charge >= 0.3 is 5.97 Å². The molecule has 1 aliphatic heterocycles. The number of nitrogens with zero attached hydrogens (tertiary/aromatic N) is 1. The van der Waals surface area contributed by atoms with Gasteiger partial charge in [0.1, 0.15) is 5.70 Å². The van der Waals surface area contributed by atoms with Crippen molar-refractivity contribution in [2.24, 2.45) is 0 Å². The summed E-state index contributed by atoms with van der Waals surface area (Å²) in [6.07, 6.45) is 0. The fourth-order valence-electron chi connectivity index (χ4n) is 2.49. The number of carbonyl (C=O) groups is 3. The standard InChI is InChI=1S/C17H21N3O5/c1-3-18-15(22)11-5-4-6-12(9-11)19-14-13(17(24)25-2)10-20(7-8-21)16(14)23/h4-6,9,19,21H,3,7-8,10H2,1-2H3,(H,18,22). The normalized spacial score (nSPS) is 13.9. The van der Waals surface area contributed by atoms with Gasteiger partial charge in [-0.3, -0.25) is 9.59 Å². The number of carbonyl (C=O) groups excluding carboxylic acids is 3. The zero-order valence-corrected chi connectivity index (χ0v) is 14.2. The number of anilines is 1. The maximum Gasteiger partial charge on any atom is 0.337 e. The van der Waals surface area contributed by atoms with Crippen LogP contribution in [0.4, 0.5) is 5.69 Å². The Labute approximate surface area is 145 Å². The summed E-state index contributed by atoms with van der Waals surface area (Å²) >= 11 is 0. The van der Waals surface area contributed by atoms with Gasteiger partial charge in [0.25, 0.3) is 11.8 Å². The molecule has 0 spiro atoms. The third-order valence-corrected chi connectivity index (χ3v) is 3.68. The summed E-state index contributed by atoms with van der Waals surface area (Å²) < 4.78 is 4.73. The number of hydrogen-bond acceptors (Lipinski definition) is 6. The highest BCUT2D eigenvalue weighted by atomic mass is 16.5. The van der Waals surface area contributed by atoms with E-state index in [1.807, 2.05) is 6.92 Å². The van der Waals surface area contributed by atoms with Crippen LogP contribution in [0.15, 0.2) is 35.5 Å². The van der Waals surface area contributed by atoms with Gasteiger partial charge in [0.05, 0.1) is 25.8 Å². The van der Waals surface area contributed by atoms with E-state index in [9.17, 15) is 14.4 Å². The predicted octanol–water partition coefficient (Wildman–Crippen LogP) is 0.110. The van der Waals surface area contributed by atoms with Gasteiger partial charge in [0, 0.05) is 24.3 Å². The van der Waals surface area contributed by atoms with Crippen molar-refractivity contribution in [2.45, 2.75) is 6.92 Å². The molecular formula is C17H21N3O5. The van der Waals surface area contributed by atoms with Crippen molar-refractivity contribution in [3.05, 3.63) is 41.1 Å². The fourth-order valence-corrected chi connectivity index (χ4v) is 2.49. The number of amides is 2. The Bertz CT molecular complexity index is 714. The van der Waals surface area contributed by atoms with Crippen LogP contribution in [0.25, 0.3) is 0 Å². The molecule has 0 fully saturated rings. The van der Waals surface area contributed by atoms with Crippen LogP contribution in [0.2, 0.25) is 0 Å². The Kier molecular flexibility index (Phi) is 6.13. The molecular weight excluding hydrogens is 326 g/mol. The fraction of sp³-hybridized carbons (Fsp3) is 0.353. The van der Waals surface area contributed by atoms with Gasteiger partial charge < -0.3 is 25.4 Å². The summed E-state index contributed by atoms with van der Waals surface area (Å²) in [5.41, 5.74) is 1.21. The molecule has 0 radical (unpaired) electrons. The summed E-state index contributed by atoms with van der Waals surface area (Å²) in [5.74, 6) is -1.25. The van der Waals surface area contributed by atoms with E-state index in [1.165, 1.54) is 12.0 Å². The Morgan fingerprint density at radius 1 is 1.36 bits per heavy atom. The zero-order chi connectivity index (χ0) is 18.4. The molecule has 134 valence electrons. The molecule has 3 N–H and O–H groups in total. The van der Waals surface area contributed by atoms with Crippen molar-refractivity contribution < 1.29 is 24.2 Å². The third kappa shape index (κ3) is 4.16. The minimum Gasteiger partial charge on any atom is -0.466 e. The van der Waals surface area contributed by atoms with E-state index in [4.69, 9.17) is 9.84 Å². The first-order valence-electron chi connectivity index (χ1n) is 7.88. The number of rotatable bonds is 7. The number of aliphatic hydroxyl groups excluding tert-OH is 1. The Morgan fingerprint density at radius 2 is 2.12 bits per heavy atom. The summed E-state index contributed by atoms with van der Waals surface area (Å²) in [5, 5.41) is 14.7. The van der Waals surface area contributed by atoms with Crippen molar-refractivity contribution in [3.63, 3.8) is 0 Å². The zero-order valence-electron chi connectivity index (χ0n) is 14.2. The van der Waals surface area contributed by atoms with Crippen LogP contribution in [0.5, 0.6) is 0 Å². The predicted molar refractivity (Wildman–Crippen MR) is 90.8 cm³/mol. The van der Waals surface area contributed by atoms with E-state index in [2.05, 4.69) is 10.6 Å². The minimum absolute atomic E-state index is 0.0599. The smallest absolute Gasteiger partial charge is 0.337 e. The first kappa shape index (κ1) is 18.5. The SMILES string of the molecule is CCNC(=O)c1cccc(NC2=C(C(=O)OC)CN(CCO)C2=O)c1. The van der Waals surface area contributed by atoms with Gasteiger partial charge in [0.2, 0.25) is 0 Å². The molecule has 8 nitrogen and oxygen atoms in total. The minimum atomic E-state index is -0.615. The lowest BCUT2D eigenvalue weighted by atomic mass is 10.1. The van der Waals surface area contributed by atoms with Crippen LogP contribution in [-0.2, 0) is 14.3 Å². The molecule has 0 aliphatic carbocycles. The molecule has 1 heterocycles. The van der Waals surface area contributed by atoms with Crippen LogP contribution in [0.3, 0.4) is 0 Å². The number of ether oxygens (including phenoxy) is 1. The first-order chi connectivity index (χ1) is 12.0. The van der Waals surface area contributed by atoms with Gasteiger partial charge in [-0.05, 0) is 25.1 Å². The number of hydrogen-bond donors (Lipinski definition) is 3. The van der Waals surface area contributed by atoms with Crippen LogP contribution in [-0.4, -0.2) is 61.1 Å². The maximum atomic E-state index is 12.5. The number of nitrogens with one attached hydrogen (secondary N) is 2. The lowest BCUT2D eigenvalue weighted by molar-refractivity contribution is -0.136. The summed E-state index contributed by atoms with van der Waals surface area (Å²) in [6, 6.07) is 6.61. The van der Waals surface area contributed by atoms with Gasteiger partial charge in [-0.15, -0.1) is 0 Å². The molecule has 1 aromatic carbocycles. The Hall–Kier alpha value is -2.87. The molecule has 2 rings (SSSR count). The summed E-state index contributed by atoms with van der Waals surface area (Å²) in [6.45, 7) is 2.29. The summed E-state index contributed by atoms with van der Waals surface area (Å²) in [7, 11) is 1.24. The highest BCUT2D eigenvalue weighted by Gasteiger charge is 2.34. The van der Waals surface area contributed by atoms with Crippen LogP contribution < -0.4 is 10.6 Å². The van der Waals surface area contributed by atoms with Crippen LogP contribution >= 0.6 is 0 Å². The monoisotopic (exact) mass is 347 g/mol. The second-order valence-corrected chi connectivity index (χ2v) is 5.36. The van der Waals surface area contributed by atoms with E-state index in [0.29, 0.717) is 17.8 Å². The number of β-amino-alcohol motifs (C(OH)–C–C–N with tert-alkyl or cyclic N) is 1. The number of benzene rings is 1. The molecule has 0 atom stereocenters. The molecule has 0 aromatic heterocycles. The highest BCUT2D eigenvalue weighted by molar-refractivity contribution is 6.08. The van der Waals surface area contributed by atoms with Crippen molar-refractivity contribution in [2.75, 3.05) is 38.7 Å². The highest BCUT2D eigenvalue weighted by Crippen LogP contribution is 2.23. The van der Waals surface area contributed by atoms with E-state index < -0.39 is 11.9 Å². The molecule has 0 saturated heterocycles. The Morgan fingerprint density at radius 3 is 2.76 bits per heavy atom. The average molecular weight is 347 g/mol. The van der Waals surface area contributed by atoms with Gasteiger partial charge in [-0.2, -0.15) is 0 Å². The van der Waals surface area contributed by atoms with Crippen molar-refractivity contribution in [3.8, 4) is 0 Å². The lowest BCUT2D eigenvalue weighted by Gasteiger charge is -2.15. The molecule has 0 bridgehead atoms. The summed E-state index contributed by atoms with van der Waals surface area (Å²) in [4.78, 5) is 37.7. The molecule has 25 heavy (non-hydrogen) atoms. The molecule has 0 unspecified atom stereocenters. The lowest BCUT2D eigenvalue weighted by Crippen LogP contribution is -2.31. The van der Waals surface area contributed by atoms with Crippen molar-refractivity contribution in [1.82, 2.24) is 10.2 Å². The van der Waals surface area contributed by atoms with Gasteiger partial charge in [-0.1, -0.05) is 6.07 Å². The molecule has 1 aliphatic rings. The maximum absolute atomic E-state index is 12.5. The third-order valence-electron chi connectivity index (χ3n) is 3.68. The molecule has 2 amide bonds. The first-order valence-corrected chi connectivity index (χ1v) is 7.88. The molecule has 1 aromatic rings. The number of methoxy groups -OCH3 is 1.